The van der Waals surface area contributed by atoms with Crippen molar-refractivity contribution in [3.63, 3.8) is 0 Å². The van der Waals surface area contributed by atoms with Crippen LogP contribution < -0.4 is 10.4 Å². The molecule has 0 aliphatic carbocycles. The summed E-state index contributed by atoms with van der Waals surface area (Å²) < 4.78 is 0. The van der Waals surface area contributed by atoms with E-state index in [4.69, 9.17) is 0 Å². The molecular weight excluding hydrogens is 300 g/mol. The van der Waals surface area contributed by atoms with E-state index in [-0.39, 0.29) is 17.2 Å². The number of hydrogen-bond donors (Lipinski definition) is 1. The van der Waals surface area contributed by atoms with Crippen molar-refractivity contribution in [3.8, 4) is 0 Å². The lowest BCUT2D eigenvalue weighted by Crippen LogP contribution is -2.21. The number of carboxylic acids is 1. The molecule has 1 aromatic carbocycles. The van der Waals surface area contributed by atoms with Crippen LogP contribution in [0, 0.1) is 6.92 Å². The number of carbonyl (C=O) groups is 2. The maximum Gasteiger partial charge on any atom is 0.231 e. The zero-order chi connectivity index (χ0) is 16.3. The Labute approximate surface area is 133 Å². The monoisotopic (exact) mass is 317 g/mol. The number of carbonyl (C=O) groups excluding carboxylic acids is 2. The van der Waals surface area contributed by atoms with Crippen molar-refractivity contribution >= 4 is 28.9 Å². The molecule has 1 N–H and O–H groups in total. The van der Waals surface area contributed by atoms with E-state index >= 15 is 0 Å². The molecule has 2 rings (SSSR count). The molecule has 0 atom stereocenters. The van der Waals surface area contributed by atoms with E-state index in [1.54, 1.807) is 6.92 Å². The summed E-state index contributed by atoms with van der Waals surface area (Å²) in [6.07, 6.45) is 0.0468. The number of nitrogens with one attached hydrogen (secondary N) is 1. The number of thiazole rings is 1. The molecule has 0 spiro atoms. The van der Waals surface area contributed by atoms with Crippen LogP contribution in [-0.2, 0) is 11.2 Å². The van der Waals surface area contributed by atoms with E-state index in [9.17, 15) is 14.7 Å². The lowest BCUT2D eigenvalue weighted by molar-refractivity contribution is -0.254. The largest absolute Gasteiger partial charge is 0.544 e. The van der Waals surface area contributed by atoms with Gasteiger partial charge in [-0.1, -0.05) is 32.0 Å². The van der Waals surface area contributed by atoms with Gasteiger partial charge in [-0.3, -0.25) is 4.79 Å². The number of hydrogen-bond acceptors (Lipinski definition) is 5. The number of rotatable bonds is 5. The minimum Gasteiger partial charge on any atom is -0.544 e. The highest BCUT2D eigenvalue weighted by Gasteiger charge is 2.14. The Morgan fingerprint density at radius 3 is 2.59 bits per heavy atom. The van der Waals surface area contributed by atoms with Crippen LogP contribution in [0.15, 0.2) is 24.3 Å². The highest BCUT2D eigenvalue weighted by atomic mass is 32.1. The predicted molar refractivity (Wildman–Crippen MR) is 84.0 cm³/mol. The normalized spacial score (nSPS) is 10.7. The van der Waals surface area contributed by atoms with E-state index in [2.05, 4.69) is 24.1 Å². The molecule has 0 radical (unpaired) electrons. The van der Waals surface area contributed by atoms with E-state index in [1.165, 1.54) is 0 Å². The van der Waals surface area contributed by atoms with Crippen LogP contribution in [0.25, 0.3) is 0 Å². The Kier molecular flexibility index (Phi) is 4.92. The Bertz CT molecular complexity index is 707. The van der Waals surface area contributed by atoms with E-state index in [1.807, 2.05) is 24.3 Å². The molecule has 2 aromatic rings. The van der Waals surface area contributed by atoms with Crippen molar-refractivity contribution in [3.05, 3.63) is 45.4 Å². The van der Waals surface area contributed by atoms with Crippen molar-refractivity contribution < 1.29 is 14.7 Å². The first-order chi connectivity index (χ1) is 10.4. The van der Waals surface area contributed by atoms with Crippen molar-refractivity contribution in [2.24, 2.45) is 0 Å². The van der Waals surface area contributed by atoms with Gasteiger partial charge in [-0.05, 0) is 24.5 Å². The number of benzene rings is 1. The van der Waals surface area contributed by atoms with E-state index in [0.29, 0.717) is 16.6 Å². The lowest BCUT2D eigenvalue weighted by Gasteiger charge is -2.13. The van der Waals surface area contributed by atoms with Gasteiger partial charge in [0.05, 0.1) is 23.0 Å². The highest BCUT2D eigenvalue weighted by molar-refractivity contribution is 7.13. The van der Waals surface area contributed by atoms with E-state index in [0.717, 1.165) is 22.6 Å². The average Bonchev–Trinajstić information content (AvgIpc) is 2.79. The van der Waals surface area contributed by atoms with Gasteiger partial charge in [0.25, 0.3) is 0 Å². The molecule has 6 heteroatoms. The third-order valence-corrected chi connectivity index (χ3v) is 4.33. The molecule has 0 saturated heterocycles. The summed E-state index contributed by atoms with van der Waals surface area (Å²) in [4.78, 5) is 27.2. The summed E-state index contributed by atoms with van der Waals surface area (Å²) in [5.74, 6) is -1.18. The number of carboxylic acid groups (broad SMARTS) is 1. The van der Waals surface area contributed by atoms with Gasteiger partial charge in [0.15, 0.2) is 0 Å². The number of aromatic carboxylic acids is 1. The van der Waals surface area contributed by atoms with Gasteiger partial charge in [0.2, 0.25) is 5.91 Å². The first kappa shape index (κ1) is 16.2. The number of amides is 1. The molecule has 22 heavy (non-hydrogen) atoms. The number of para-hydroxylation sites is 1. The van der Waals surface area contributed by atoms with Crippen LogP contribution in [0.5, 0.6) is 0 Å². The zero-order valence-electron chi connectivity index (χ0n) is 12.7. The van der Waals surface area contributed by atoms with Crippen LogP contribution in [0.2, 0.25) is 0 Å². The standard InChI is InChI=1S/C16H18N2O3S/c1-9(2)11-6-4-5-7-12(11)18-13(19)8-14-17-10(3)15(22-14)16(20)21/h4-7,9H,8H2,1-3H3,(H,18,19)(H,20,21)/p-1. The van der Waals surface area contributed by atoms with Crippen molar-refractivity contribution in [1.29, 1.82) is 0 Å². The van der Waals surface area contributed by atoms with E-state index < -0.39 is 5.97 Å². The molecule has 0 aliphatic rings. The Balaban J connectivity index is 2.11. The van der Waals surface area contributed by atoms with Gasteiger partial charge in [-0.25, -0.2) is 4.98 Å². The minimum absolute atomic E-state index is 0.0468. The fourth-order valence-corrected chi connectivity index (χ4v) is 3.06. The number of aromatic nitrogens is 1. The molecule has 0 saturated carbocycles. The van der Waals surface area contributed by atoms with Crippen LogP contribution >= 0.6 is 11.3 Å². The van der Waals surface area contributed by atoms with Gasteiger partial charge in [0, 0.05) is 5.69 Å². The fraction of sp³-hybridized carbons (Fsp3) is 0.312. The minimum atomic E-state index is -1.26. The molecule has 1 aromatic heterocycles. The zero-order valence-corrected chi connectivity index (χ0v) is 13.5. The summed E-state index contributed by atoms with van der Waals surface area (Å²) in [6.45, 7) is 5.71. The Morgan fingerprint density at radius 2 is 2.00 bits per heavy atom. The smallest absolute Gasteiger partial charge is 0.231 e. The number of aryl methyl sites for hydroxylation is 1. The number of anilines is 1. The van der Waals surface area contributed by atoms with Gasteiger partial charge in [-0.15, -0.1) is 11.3 Å². The molecule has 1 heterocycles. The van der Waals surface area contributed by atoms with Crippen LogP contribution in [0.1, 0.15) is 45.7 Å². The van der Waals surface area contributed by atoms with Crippen LogP contribution in [-0.4, -0.2) is 16.9 Å². The molecule has 0 aliphatic heterocycles. The first-order valence-electron chi connectivity index (χ1n) is 6.95. The third-order valence-electron chi connectivity index (χ3n) is 3.19. The second kappa shape index (κ2) is 6.70. The highest BCUT2D eigenvalue weighted by Crippen LogP contribution is 2.24. The van der Waals surface area contributed by atoms with Gasteiger partial charge < -0.3 is 15.2 Å². The molecule has 0 bridgehead atoms. The van der Waals surface area contributed by atoms with Crippen LogP contribution in [0.4, 0.5) is 5.69 Å². The van der Waals surface area contributed by atoms with Gasteiger partial charge in [0.1, 0.15) is 5.01 Å². The van der Waals surface area contributed by atoms with Crippen molar-refractivity contribution in [1.82, 2.24) is 4.98 Å². The maximum atomic E-state index is 12.1. The summed E-state index contributed by atoms with van der Waals surface area (Å²) in [6, 6.07) is 7.62. The summed E-state index contributed by atoms with van der Waals surface area (Å²) in [7, 11) is 0. The molecule has 1 amide bonds. The van der Waals surface area contributed by atoms with Gasteiger partial charge in [-0.2, -0.15) is 0 Å². The Hall–Kier alpha value is -2.21. The second-order valence-corrected chi connectivity index (χ2v) is 6.36. The first-order valence-corrected chi connectivity index (χ1v) is 7.76. The Morgan fingerprint density at radius 1 is 1.32 bits per heavy atom. The average molecular weight is 317 g/mol. The summed E-state index contributed by atoms with van der Waals surface area (Å²) in [5, 5.41) is 14.2. The topological polar surface area (TPSA) is 82.1 Å². The third kappa shape index (κ3) is 3.71. The number of nitrogens with zero attached hydrogens (tertiary/aromatic N) is 1. The SMILES string of the molecule is Cc1nc(CC(=O)Nc2ccccc2C(C)C)sc1C(=O)[O-]. The van der Waals surface area contributed by atoms with Crippen LogP contribution in [0.3, 0.4) is 0 Å². The van der Waals surface area contributed by atoms with Crippen molar-refractivity contribution in [2.75, 3.05) is 5.32 Å². The summed E-state index contributed by atoms with van der Waals surface area (Å²) in [5.41, 5.74) is 2.22. The predicted octanol–water partition coefficient (Wildman–Crippen LogP) is 2.12. The molecule has 5 nitrogen and oxygen atoms in total. The van der Waals surface area contributed by atoms with Crippen molar-refractivity contribution in [2.45, 2.75) is 33.1 Å². The molecule has 116 valence electrons. The maximum absolute atomic E-state index is 12.1. The van der Waals surface area contributed by atoms with Gasteiger partial charge >= 0.3 is 0 Å². The lowest BCUT2D eigenvalue weighted by atomic mass is 10.0. The molecular formula is C16H17N2O3S-. The molecule has 0 unspecified atom stereocenters. The quantitative estimate of drug-likeness (QED) is 0.915. The second-order valence-electron chi connectivity index (χ2n) is 5.28. The summed E-state index contributed by atoms with van der Waals surface area (Å²) >= 11 is 0.983. The fourth-order valence-electron chi connectivity index (χ4n) is 2.16. The molecule has 0 fully saturated rings.